The predicted molar refractivity (Wildman–Crippen MR) is 54.3 cm³/mol. The zero-order valence-corrected chi connectivity index (χ0v) is 9.80. The highest BCUT2D eigenvalue weighted by Crippen LogP contribution is 2.26. The smallest absolute Gasteiger partial charge is 0.240 e. The van der Waals surface area contributed by atoms with E-state index >= 15 is 0 Å². The van der Waals surface area contributed by atoms with Crippen LogP contribution in [0.5, 0.6) is 0 Å². The largest absolute Gasteiger partial charge is 0.280 e. The lowest BCUT2D eigenvalue weighted by atomic mass is 10.2. The van der Waals surface area contributed by atoms with Gasteiger partial charge in [-0.3, -0.25) is 0 Å². The molecule has 0 radical (unpaired) electrons. The summed E-state index contributed by atoms with van der Waals surface area (Å²) in [6.07, 6.45) is -2.64. The third-order valence-corrected chi connectivity index (χ3v) is 3.61. The molecule has 13 heavy (non-hydrogen) atoms. The van der Waals surface area contributed by atoms with E-state index < -0.39 is 6.43 Å². The van der Waals surface area contributed by atoms with Crippen LogP contribution in [0.1, 0.15) is 17.7 Å². The fourth-order valence-corrected chi connectivity index (χ4v) is 1.57. The quantitative estimate of drug-likeness (QED) is 0.570. The molecule has 0 aliphatic rings. The van der Waals surface area contributed by atoms with E-state index in [2.05, 4.69) is 20.9 Å². The van der Waals surface area contributed by atoms with Crippen LogP contribution in [0, 0.1) is 15.0 Å². The van der Waals surface area contributed by atoms with Crippen LogP contribution in [0.15, 0.2) is 10.5 Å². The number of halogens is 4. The molecule has 68 valence electrons. The van der Waals surface area contributed by atoms with Gasteiger partial charge in [0.1, 0.15) is 15.5 Å². The molecule has 1 aromatic heterocycles. The summed E-state index contributed by atoms with van der Waals surface area (Å²) in [4.78, 5) is 3.62. The van der Waals surface area contributed by atoms with E-state index in [0.29, 0.717) is 8.17 Å². The van der Waals surface area contributed by atoms with E-state index in [4.69, 9.17) is 5.26 Å². The monoisotopic (exact) mass is 358 g/mol. The number of nitriles is 1. The number of nitrogens with zero attached hydrogens (tertiary/aromatic N) is 2. The Morgan fingerprint density at radius 2 is 2.23 bits per heavy atom. The first kappa shape index (κ1) is 10.8. The molecule has 0 saturated carbocycles. The molecule has 0 fully saturated rings. The summed E-state index contributed by atoms with van der Waals surface area (Å²) < 4.78 is 25.2. The van der Waals surface area contributed by atoms with Gasteiger partial charge in [0.05, 0.1) is 10.0 Å². The van der Waals surface area contributed by atoms with Crippen molar-refractivity contribution in [2.24, 2.45) is 0 Å². The molecule has 1 heterocycles. The minimum Gasteiger partial charge on any atom is -0.240 e. The van der Waals surface area contributed by atoms with Crippen molar-refractivity contribution in [1.82, 2.24) is 4.98 Å². The van der Waals surface area contributed by atoms with Gasteiger partial charge in [0.25, 0.3) is 6.43 Å². The fourth-order valence-electron chi connectivity index (χ4n) is 0.710. The van der Waals surface area contributed by atoms with Crippen LogP contribution in [0.2, 0.25) is 0 Å². The van der Waals surface area contributed by atoms with Crippen LogP contribution in [0.4, 0.5) is 8.78 Å². The van der Waals surface area contributed by atoms with Gasteiger partial charge >= 0.3 is 0 Å². The van der Waals surface area contributed by atoms with Gasteiger partial charge < -0.3 is 0 Å². The van der Waals surface area contributed by atoms with Crippen molar-refractivity contribution in [2.75, 3.05) is 0 Å². The minimum atomic E-state index is -2.64. The molecule has 0 amide bonds. The summed E-state index contributed by atoms with van der Waals surface area (Å²) >= 11 is 4.88. The van der Waals surface area contributed by atoms with Gasteiger partial charge in [-0.05, 0) is 44.6 Å². The van der Waals surface area contributed by atoms with Gasteiger partial charge in [-0.25, -0.2) is 13.8 Å². The summed E-state index contributed by atoms with van der Waals surface area (Å²) in [7, 11) is 0. The second-order valence-corrected chi connectivity index (χ2v) is 3.93. The third-order valence-electron chi connectivity index (χ3n) is 1.28. The first-order chi connectivity index (χ1) is 6.06. The molecule has 0 aromatic carbocycles. The number of aromatic nitrogens is 1. The molecule has 0 N–H and O–H groups in total. The molecule has 0 spiro atoms. The van der Waals surface area contributed by atoms with Crippen LogP contribution in [-0.4, -0.2) is 4.98 Å². The molecule has 1 rings (SSSR count). The van der Waals surface area contributed by atoms with Crippen molar-refractivity contribution < 1.29 is 8.78 Å². The van der Waals surface area contributed by atoms with Crippen LogP contribution >= 0.6 is 38.5 Å². The molecular weight excluding hydrogens is 357 g/mol. The average molecular weight is 359 g/mol. The molecule has 1 aromatic rings. The first-order valence-electron chi connectivity index (χ1n) is 3.10. The Morgan fingerprint density at radius 3 is 2.69 bits per heavy atom. The van der Waals surface area contributed by atoms with Crippen molar-refractivity contribution in [2.45, 2.75) is 6.43 Å². The minimum absolute atomic E-state index is 0.176. The Balaban J connectivity index is 3.32. The summed E-state index contributed by atoms with van der Waals surface area (Å²) in [5.41, 5.74) is -0.196. The van der Waals surface area contributed by atoms with Crippen molar-refractivity contribution in [3.8, 4) is 6.07 Å². The van der Waals surface area contributed by atoms with Crippen LogP contribution in [-0.2, 0) is 0 Å². The molecule has 0 unspecified atom stereocenters. The zero-order valence-electron chi connectivity index (χ0n) is 6.06. The average Bonchev–Trinajstić information content (AvgIpc) is 2.09. The normalized spacial score (nSPS) is 10.2. The topological polar surface area (TPSA) is 36.7 Å². The fraction of sp³-hybridized carbons (Fsp3) is 0.143. The van der Waals surface area contributed by atoms with E-state index in [1.807, 2.05) is 0 Å². The molecule has 0 bridgehead atoms. The van der Waals surface area contributed by atoms with Gasteiger partial charge in [-0.15, -0.1) is 0 Å². The van der Waals surface area contributed by atoms with E-state index in [9.17, 15) is 8.78 Å². The van der Waals surface area contributed by atoms with E-state index in [1.165, 1.54) is 0 Å². The van der Waals surface area contributed by atoms with Crippen LogP contribution in [0.3, 0.4) is 0 Å². The zero-order chi connectivity index (χ0) is 10.0. The van der Waals surface area contributed by atoms with Gasteiger partial charge in [0.2, 0.25) is 0 Å². The maximum atomic E-state index is 12.2. The number of alkyl halides is 2. The SMILES string of the molecule is N#Cc1cc(C(F)F)nc(I)c1Br. The lowest BCUT2D eigenvalue weighted by Gasteiger charge is -2.02. The molecule has 0 saturated heterocycles. The second kappa shape index (κ2) is 4.28. The molecule has 0 aliphatic heterocycles. The Kier molecular flexibility index (Phi) is 3.55. The lowest BCUT2D eigenvalue weighted by molar-refractivity contribution is 0.146. The van der Waals surface area contributed by atoms with Gasteiger partial charge in [-0.1, -0.05) is 0 Å². The summed E-state index contributed by atoms with van der Waals surface area (Å²) in [6.45, 7) is 0. The highest BCUT2D eigenvalue weighted by atomic mass is 127. The Hall–Kier alpha value is -0.290. The highest BCUT2D eigenvalue weighted by Gasteiger charge is 2.14. The molecule has 0 aliphatic carbocycles. The van der Waals surface area contributed by atoms with Crippen molar-refractivity contribution in [3.05, 3.63) is 25.5 Å². The number of rotatable bonds is 1. The molecular formula is C7H2BrF2IN2. The van der Waals surface area contributed by atoms with Gasteiger partial charge in [0, 0.05) is 0 Å². The van der Waals surface area contributed by atoms with Crippen LogP contribution in [0.25, 0.3) is 0 Å². The summed E-state index contributed by atoms with van der Waals surface area (Å²) in [5, 5.41) is 8.59. The summed E-state index contributed by atoms with van der Waals surface area (Å²) in [5.74, 6) is 0. The maximum Gasteiger partial charge on any atom is 0.280 e. The number of hydrogen-bond donors (Lipinski definition) is 0. The van der Waals surface area contributed by atoms with Crippen molar-refractivity contribution in [1.29, 1.82) is 5.26 Å². The highest BCUT2D eigenvalue weighted by molar-refractivity contribution is 14.1. The number of hydrogen-bond acceptors (Lipinski definition) is 2. The van der Waals surface area contributed by atoms with Crippen molar-refractivity contribution >= 4 is 38.5 Å². The predicted octanol–water partition coefficient (Wildman–Crippen LogP) is 3.26. The van der Waals surface area contributed by atoms with E-state index in [1.54, 1.807) is 28.7 Å². The Bertz CT molecular complexity index is 375. The maximum absolute atomic E-state index is 12.2. The molecule has 6 heteroatoms. The third kappa shape index (κ3) is 2.34. The summed E-state index contributed by atoms with van der Waals surface area (Å²) in [6, 6.07) is 2.89. The van der Waals surface area contributed by atoms with Crippen LogP contribution < -0.4 is 0 Å². The molecule has 2 nitrogen and oxygen atoms in total. The van der Waals surface area contributed by atoms with Gasteiger partial charge in [0.15, 0.2) is 0 Å². The van der Waals surface area contributed by atoms with E-state index in [0.717, 1.165) is 6.07 Å². The lowest BCUT2D eigenvalue weighted by Crippen LogP contribution is -1.96. The number of pyridine rings is 1. The van der Waals surface area contributed by atoms with E-state index in [-0.39, 0.29) is 11.3 Å². The second-order valence-electron chi connectivity index (χ2n) is 2.11. The van der Waals surface area contributed by atoms with Gasteiger partial charge in [-0.2, -0.15) is 5.26 Å². The Labute approximate surface area is 95.2 Å². The van der Waals surface area contributed by atoms with Crippen molar-refractivity contribution in [3.63, 3.8) is 0 Å². The first-order valence-corrected chi connectivity index (χ1v) is 4.97. The standard InChI is InChI=1S/C7H2BrF2IN2/c8-5-3(2-12)1-4(6(9)10)13-7(5)11/h1,6H. The molecule has 0 atom stereocenters. The Morgan fingerprint density at radius 1 is 1.62 bits per heavy atom.